The third-order valence-corrected chi connectivity index (χ3v) is 1.33. The zero-order chi connectivity index (χ0) is 10.1. The third kappa shape index (κ3) is 9.26. The first-order chi connectivity index (χ1) is 6.16. The predicted molar refractivity (Wildman–Crippen MR) is 45.5 cm³/mol. The van der Waals surface area contributed by atoms with Crippen molar-refractivity contribution >= 4 is 5.97 Å². The minimum absolute atomic E-state index is 0.00631. The molecule has 0 aromatic rings. The van der Waals surface area contributed by atoms with Crippen molar-refractivity contribution in [3.63, 3.8) is 0 Å². The van der Waals surface area contributed by atoms with E-state index in [2.05, 4.69) is 0 Å². The van der Waals surface area contributed by atoms with Crippen LogP contribution in [-0.2, 0) is 19.0 Å². The first-order valence-corrected chi connectivity index (χ1v) is 4.07. The molecule has 0 aliphatic heterocycles. The lowest BCUT2D eigenvalue weighted by molar-refractivity contribution is -0.143. The molecule has 0 fully saturated rings. The first kappa shape index (κ1) is 12.3. The lowest BCUT2D eigenvalue weighted by Crippen LogP contribution is -2.16. The zero-order valence-electron chi connectivity index (χ0n) is 7.99. The van der Waals surface area contributed by atoms with Crippen molar-refractivity contribution in [1.29, 1.82) is 0 Å². The van der Waals surface area contributed by atoms with Crippen LogP contribution in [0, 0.1) is 0 Å². The van der Waals surface area contributed by atoms with Crippen molar-refractivity contribution in [3.8, 4) is 0 Å². The Labute approximate surface area is 77.6 Å². The van der Waals surface area contributed by atoms with Gasteiger partial charge in [0.25, 0.3) is 0 Å². The molecule has 0 radical (unpaired) electrons. The van der Waals surface area contributed by atoms with Crippen LogP contribution in [0.3, 0.4) is 0 Å². The van der Waals surface area contributed by atoms with E-state index in [0.29, 0.717) is 13.2 Å². The standard InChI is InChI=1S/C8H16O5/c1-7(5-8(9)10)13-6-12-4-3-11-2/h7H,3-6H2,1-2H3,(H,9,10)/t7-/m1/s1. The SMILES string of the molecule is COCCOCO[C@H](C)CC(=O)O. The molecule has 0 heterocycles. The van der Waals surface area contributed by atoms with E-state index in [1.165, 1.54) is 0 Å². The Balaban J connectivity index is 3.17. The van der Waals surface area contributed by atoms with E-state index in [-0.39, 0.29) is 19.3 Å². The normalized spacial score (nSPS) is 12.8. The number of carbonyl (C=O) groups is 1. The van der Waals surface area contributed by atoms with Crippen LogP contribution >= 0.6 is 0 Å². The van der Waals surface area contributed by atoms with Crippen LogP contribution in [0.1, 0.15) is 13.3 Å². The molecule has 5 heteroatoms. The van der Waals surface area contributed by atoms with Gasteiger partial charge in [-0.1, -0.05) is 0 Å². The Morgan fingerprint density at radius 2 is 2.15 bits per heavy atom. The largest absolute Gasteiger partial charge is 0.481 e. The van der Waals surface area contributed by atoms with E-state index in [1.807, 2.05) is 0 Å². The topological polar surface area (TPSA) is 65.0 Å². The molecule has 0 amide bonds. The van der Waals surface area contributed by atoms with Gasteiger partial charge in [0.2, 0.25) is 0 Å². The van der Waals surface area contributed by atoms with Crippen LogP contribution in [0.4, 0.5) is 0 Å². The summed E-state index contributed by atoms with van der Waals surface area (Å²) >= 11 is 0. The smallest absolute Gasteiger partial charge is 0.305 e. The van der Waals surface area contributed by atoms with Crippen molar-refractivity contribution in [3.05, 3.63) is 0 Å². The predicted octanol–water partition coefficient (Wildman–Crippen LogP) is 0.487. The van der Waals surface area contributed by atoms with Gasteiger partial charge < -0.3 is 19.3 Å². The van der Waals surface area contributed by atoms with Gasteiger partial charge in [0.1, 0.15) is 6.79 Å². The van der Waals surface area contributed by atoms with Gasteiger partial charge in [-0.05, 0) is 6.92 Å². The summed E-state index contributed by atoms with van der Waals surface area (Å²) in [5.41, 5.74) is 0. The Bertz CT molecular complexity index is 136. The highest BCUT2D eigenvalue weighted by Gasteiger charge is 2.06. The average Bonchev–Trinajstić information content (AvgIpc) is 2.02. The van der Waals surface area contributed by atoms with Crippen molar-refractivity contribution in [2.75, 3.05) is 27.1 Å². The highest BCUT2D eigenvalue weighted by atomic mass is 16.7. The molecule has 0 aromatic heterocycles. The summed E-state index contributed by atoms with van der Waals surface area (Å²) in [5.74, 6) is -0.871. The van der Waals surface area contributed by atoms with Gasteiger partial charge in [-0.15, -0.1) is 0 Å². The Kier molecular flexibility index (Phi) is 7.57. The second-order valence-electron chi connectivity index (χ2n) is 2.59. The van der Waals surface area contributed by atoms with Gasteiger partial charge in [0.15, 0.2) is 0 Å². The van der Waals surface area contributed by atoms with E-state index in [4.69, 9.17) is 19.3 Å². The van der Waals surface area contributed by atoms with Gasteiger partial charge in [0, 0.05) is 7.11 Å². The summed E-state index contributed by atoms with van der Waals surface area (Å²) in [6.07, 6.45) is -0.326. The molecule has 1 atom stereocenters. The molecule has 0 saturated heterocycles. The van der Waals surface area contributed by atoms with Crippen LogP contribution in [0.15, 0.2) is 0 Å². The molecular formula is C8H16O5. The maximum atomic E-state index is 10.2. The van der Waals surface area contributed by atoms with E-state index in [1.54, 1.807) is 14.0 Å². The van der Waals surface area contributed by atoms with Gasteiger partial charge in [-0.25, -0.2) is 0 Å². The van der Waals surface area contributed by atoms with Crippen LogP contribution in [0.2, 0.25) is 0 Å². The van der Waals surface area contributed by atoms with Gasteiger partial charge in [-0.2, -0.15) is 0 Å². The van der Waals surface area contributed by atoms with Crippen LogP contribution in [-0.4, -0.2) is 44.3 Å². The number of aliphatic carboxylic acids is 1. The maximum absolute atomic E-state index is 10.2. The summed E-state index contributed by atoms with van der Waals surface area (Å²) in [6, 6.07) is 0. The minimum atomic E-state index is -0.871. The summed E-state index contributed by atoms with van der Waals surface area (Å²) in [6.45, 7) is 2.76. The fourth-order valence-corrected chi connectivity index (χ4v) is 0.670. The Morgan fingerprint density at radius 1 is 1.46 bits per heavy atom. The number of carboxylic acids is 1. The lowest BCUT2D eigenvalue weighted by Gasteiger charge is -2.10. The summed E-state index contributed by atoms with van der Waals surface area (Å²) in [5, 5.41) is 8.38. The molecule has 0 aliphatic rings. The second kappa shape index (κ2) is 7.97. The zero-order valence-corrected chi connectivity index (χ0v) is 7.99. The monoisotopic (exact) mass is 192 g/mol. The van der Waals surface area contributed by atoms with Gasteiger partial charge in [0.05, 0.1) is 25.7 Å². The fraction of sp³-hybridized carbons (Fsp3) is 0.875. The molecule has 0 spiro atoms. The second-order valence-corrected chi connectivity index (χ2v) is 2.59. The summed E-state index contributed by atoms with van der Waals surface area (Å²) in [7, 11) is 1.58. The molecule has 0 unspecified atom stereocenters. The summed E-state index contributed by atoms with van der Waals surface area (Å²) < 4.78 is 14.8. The molecule has 0 rings (SSSR count). The number of rotatable bonds is 8. The first-order valence-electron chi connectivity index (χ1n) is 4.07. The van der Waals surface area contributed by atoms with E-state index in [9.17, 15) is 4.79 Å². The molecule has 13 heavy (non-hydrogen) atoms. The Morgan fingerprint density at radius 3 is 2.69 bits per heavy atom. The molecule has 0 saturated carbocycles. The molecule has 0 aromatic carbocycles. The van der Waals surface area contributed by atoms with E-state index < -0.39 is 5.97 Å². The van der Waals surface area contributed by atoms with Crippen LogP contribution < -0.4 is 0 Å². The third-order valence-electron chi connectivity index (χ3n) is 1.33. The van der Waals surface area contributed by atoms with Crippen molar-refractivity contribution in [1.82, 2.24) is 0 Å². The average molecular weight is 192 g/mol. The molecular weight excluding hydrogens is 176 g/mol. The minimum Gasteiger partial charge on any atom is -0.481 e. The molecule has 5 nitrogen and oxygen atoms in total. The highest BCUT2D eigenvalue weighted by Crippen LogP contribution is 1.96. The number of carboxylic acid groups (broad SMARTS) is 1. The van der Waals surface area contributed by atoms with E-state index in [0.717, 1.165) is 0 Å². The molecule has 1 N–H and O–H groups in total. The Hall–Kier alpha value is -0.650. The van der Waals surface area contributed by atoms with Crippen molar-refractivity contribution < 1.29 is 24.1 Å². The van der Waals surface area contributed by atoms with E-state index >= 15 is 0 Å². The number of hydrogen-bond donors (Lipinski definition) is 1. The molecule has 78 valence electrons. The fourth-order valence-electron chi connectivity index (χ4n) is 0.670. The lowest BCUT2D eigenvalue weighted by atomic mass is 10.3. The van der Waals surface area contributed by atoms with Crippen LogP contribution in [0.5, 0.6) is 0 Å². The quantitative estimate of drug-likeness (QED) is 0.448. The number of methoxy groups -OCH3 is 1. The number of hydrogen-bond acceptors (Lipinski definition) is 4. The molecule has 0 bridgehead atoms. The highest BCUT2D eigenvalue weighted by molar-refractivity contribution is 5.67. The molecule has 0 aliphatic carbocycles. The maximum Gasteiger partial charge on any atom is 0.305 e. The van der Waals surface area contributed by atoms with Gasteiger partial charge in [-0.3, -0.25) is 4.79 Å². The van der Waals surface area contributed by atoms with Crippen LogP contribution in [0.25, 0.3) is 0 Å². The number of ether oxygens (including phenoxy) is 3. The summed E-state index contributed by atoms with van der Waals surface area (Å²) in [4.78, 5) is 10.2. The van der Waals surface area contributed by atoms with Crippen molar-refractivity contribution in [2.45, 2.75) is 19.4 Å². The van der Waals surface area contributed by atoms with Gasteiger partial charge >= 0.3 is 5.97 Å². The van der Waals surface area contributed by atoms with Crippen molar-refractivity contribution in [2.24, 2.45) is 0 Å².